The van der Waals surface area contributed by atoms with Crippen molar-refractivity contribution in [3.05, 3.63) is 35.5 Å². The molecule has 0 spiro atoms. The molecular weight excluding hydrogens is 613 g/mol. The number of allylic oxidation sites excluding steroid dienone is 5. The van der Waals surface area contributed by atoms with Crippen LogP contribution in [0.5, 0.6) is 0 Å². The van der Waals surface area contributed by atoms with E-state index in [0.717, 1.165) is 56.0 Å². The zero-order valence-electron chi connectivity index (χ0n) is 30.4. The zero-order valence-corrected chi connectivity index (χ0v) is 31.3. The van der Waals surface area contributed by atoms with Gasteiger partial charge in [0.05, 0.1) is 5.92 Å². The average Bonchev–Trinajstić information content (AvgIpc) is 3.48. The van der Waals surface area contributed by atoms with Gasteiger partial charge in [-0.05, 0) is 152 Å². The molecule has 9 rings (SSSR count). The van der Waals surface area contributed by atoms with Crippen LogP contribution in [0.15, 0.2) is 35.5 Å². The van der Waals surface area contributed by atoms with Crippen molar-refractivity contribution in [3.8, 4) is 0 Å². The van der Waals surface area contributed by atoms with Crippen LogP contribution < -0.4 is 5.32 Å². The van der Waals surface area contributed by atoms with Gasteiger partial charge in [0.1, 0.15) is 0 Å². The van der Waals surface area contributed by atoms with Crippen LogP contribution in [0, 0.1) is 69.5 Å². The van der Waals surface area contributed by atoms with Gasteiger partial charge in [-0.25, -0.2) is 0 Å². The molecule has 0 aromatic heterocycles. The molecule has 15 atom stereocenters. The molecule has 0 aromatic carbocycles. The highest BCUT2D eigenvalue weighted by molar-refractivity contribution is 7.86. The van der Waals surface area contributed by atoms with Crippen molar-refractivity contribution in [2.24, 2.45) is 69.5 Å². The highest BCUT2D eigenvalue weighted by Crippen LogP contribution is 2.73. The smallest absolute Gasteiger partial charge is 0.307 e. The molecule has 0 radical (unpaired) electrons. The third-order valence-electron chi connectivity index (χ3n) is 17.6. The van der Waals surface area contributed by atoms with Crippen molar-refractivity contribution in [1.29, 1.82) is 0 Å². The van der Waals surface area contributed by atoms with Crippen molar-refractivity contribution in [3.63, 3.8) is 0 Å². The number of hydrogen-bond donors (Lipinski definition) is 2. The van der Waals surface area contributed by atoms with Gasteiger partial charge in [-0.2, -0.15) is 0 Å². The molecule has 11 unspecified atom stereocenters. The molecule has 9 aliphatic rings. The summed E-state index contributed by atoms with van der Waals surface area (Å²) in [6.07, 6.45) is 19.1. The van der Waals surface area contributed by atoms with Gasteiger partial charge in [-0.3, -0.25) is 13.9 Å². The zero-order chi connectivity index (χ0) is 33.5. The Morgan fingerprint density at radius 1 is 1.04 bits per heavy atom. The second-order valence-electron chi connectivity index (χ2n) is 19.7. The summed E-state index contributed by atoms with van der Waals surface area (Å²) < 4.78 is 12.3. The van der Waals surface area contributed by atoms with Gasteiger partial charge in [-0.15, -0.1) is 0 Å². The largest absolute Gasteiger partial charge is 0.481 e. The van der Waals surface area contributed by atoms with Gasteiger partial charge in [-0.1, -0.05) is 52.0 Å². The number of likely N-dealkylation sites (tertiary alicyclic amines) is 1. The van der Waals surface area contributed by atoms with Crippen molar-refractivity contribution < 1.29 is 14.1 Å². The Labute approximate surface area is 292 Å². The van der Waals surface area contributed by atoms with Crippen LogP contribution in [0.1, 0.15) is 105 Å². The van der Waals surface area contributed by atoms with Crippen molar-refractivity contribution >= 4 is 16.8 Å². The summed E-state index contributed by atoms with van der Waals surface area (Å²) in [7, 11) is -0.580. The van der Waals surface area contributed by atoms with E-state index in [1.54, 1.807) is 5.57 Å². The number of fused-ring (bicyclic) bond motifs is 10. The molecule has 5 saturated carbocycles. The molecule has 0 aromatic rings. The Bertz CT molecular complexity index is 1500. The first-order valence-corrected chi connectivity index (χ1v) is 21.3. The van der Waals surface area contributed by atoms with E-state index in [9.17, 15) is 14.1 Å². The van der Waals surface area contributed by atoms with Gasteiger partial charge < -0.3 is 10.4 Å². The quantitative estimate of drug-likeness (QED) is 0.272. The molecule has 6 heteroatoms. The Morgan fingerprint density at radius 2 is 1.83 bits per heavy atom. The molecule has 0 amide bonds. The molecule has 2 aliphatic heterocycles. The Kier molecular flexibility index (Phi) is 7.41. The number of nitrogens with zero attached hydrogens (tertiary/aromatic N) is 1. The van der Waals surface area contributed by atoms with Crippen LogP contribution >= 0.6 is 0 Å². The first-order valence-electron chi connectivity index (χ1n) is 19.9. The standard InChI is InChI=1S/C42H62N2O3S/c1-24(2)28-9-15-42(43-17-18-44-22-27-21-26(44)23-48(27)47)16-11-33-29(37(28)42)7-8-35-40(33,5)14-12-34-39(3,4)32(10-13-41(34,35)6)25-19-30-31(20-25)36(30)38(45)46/h10,19,26-31,33-37,43H,1,7-9,11-18,20-23H2,2-6H3,(H,45,46)/t26-,27-,28+,29+,30?,31?,33?,34?,35?,36?,37?,40?,41?,42?,48?/m1/s1. The van der Waals surface area contributed by atoms with Gasteiger partial charge in [0.25, 0.3) is 0 Å². The van der Waals surface area contributed by atoms with Crippen LogP contribution in [-0.2, 0) is 15.6 Å². The average molecular weight is 675 g/mol. The summed E-state index contributed by atoms with van der Waals surface area (Å²) in [5.41, 5.74) is 5.60. The molecule has 48 heavy (non-hydrogen) atoms. The van der Waals surface area contributed by atoms with E-state index in [0.29, 0.717) is 45.8 Å². The number of carboxylic acids is 1. The molecule has 5 nitrogen and oxygen atoms in total. The van der Waals surface area contributed by atoms with Crippen LogP contribution in [0.25, 0.3) is 0 Å². The van der Waals surface area contributed by atoms with E-state index in [1.807, 2.05) is 0 Å². The van der Waals surface area contributed by atoms with Gasteiger partial charge >= 0.3 is 5.97 Å². The highest BCUT2D eigenvalue weighted by Gasteiger charge is 2.67. The minimum atomic E-state index is -0.594. The number of rotatable bonds is 7. The summed E-state index contributed by atoms with van der Waals surface area (Å²) in [5.74, 6) is 5.23. The van der Waals surface area contributed by atoms with E-state index in [4.69, 9.17) is 0 Å². The van der Waals surface area contributed by atoms with E-state index in [-0.39, 0.29) is 22.8 Å². The summed E-state index contributed by atoms with van der Waals surface area (Å²) in [5, 5.41) is 14.3. The predicted molar refractivity (Wildman–Crippen MR) is 194 cm³/mol. The van der Waals surface area contributed by atoms with Crippen LogP contribution in [0.2, 0.25) is 0 Å². The Morgan fingerprint density at radius 3 is 2.50 bits per heavy atom. The van der Waals surface area contributed by atoms with Gasteiger partial charge in [0.15, 0.2) is 0 Å². The molecule has 264 valence electrons. The lowest BCUT2D eigenvalue weighted by Gasteiger charge is -2.68. The first kappa shape index (κ1) is 32.7. The maximum absolute atomic E-state index is 12.3. The van der Waals surface area contributed by atoms with E-state index >= 15 is 0 Å². The van der Waals surface area contributed by atoms with E-state index in [2.05, 4.69) is 63.6 Å². The SMILES string of the molecule is C=C(C)[C@@H]1CCC2(NCCN3C[C@H]4C[C@@H]3CS4=O)CCC3[C@H](CCC4C3(C)CCC3C(C)(C)C(C5=CC6C(C5)C6C(=O)O)=CCC34C)C12. The van der Waals surface area contributed by atoms with Crippen molar-refractivity contribution in [2.45, 2.75) is 122 Å². The van der Waals surface area contributed by atoms with E-state index < -0.39 is 16.8 Å². The topological polar surface area (TPSA) is 69.6 Å². The van der Waals surface area contributed by atoms with Gasteiger partial charge in [0.2, 0.25) is 0 Å². The molecule has 2 saturated heterocycles. The number of aliphatic carboxylic acids is 1. The number of hydrogen-bond acceptors (Lipinski definition) is 4. The van der Waals surface area contributed by atoms with Gasteiger partial charge in [0, 0.05) is 53.0 Å². The lowest BCUT2D eigenvalue weighted by atomic mass is 9.36. The predicted octanol–water partition coefficient (Wildman–Crippen LogP) is 7.61. The summed E-state index contributed by atoms with van der Waals surface area (Å²) >= 11 is 0. The molecule has 7 aliphatic carbocycles. The fourth-order valence-electron chi connectivity index (χ4n) is 15.6. The molecule has 7 fully saturated rings. The normalized spacial score (nSPS) is 52.8. The first-order chi connectivity index (χ1) is 22.8. The second kappa shape index (κ2) is 10.9. The fraction of sp³-hybridized carbons (Fsp3) is 0.833. The third-order valence-corrected chi connectivity index (χ3v) is 19.4. The molecule has 2 bridgehead atoms. The summed E-state index contributed by atoms with van der Waals surface area (Å²) in [4.78, 5) is 14.3. The maximum Gasteiger partial charge on any atom is 0.307 e. The number of carboxylic acid groups (broad SMARTS) is 1. The third kappa shape index (κ3) is 4.45. The minimum Gasteiger partial charge on any atom is -0.481 e. The molecule has 2 N–H and O–H groups in total. The summed E-state index contributed by atoms with van der Waals surface area (Å²) in [6, 6.07) is 0.556. The number of nitrogens with one attached hydrogen (secondary N) is 1. The monoisotopic (exact) mass is 674 g/mol. The van der Waals surface area contributed by atoms with Crippen LogP contribution in [-0.4, -0.2) is 62.4 Å². The minimum absolute atomic E-state index is 0.126. The van der Waals surface area contributed by atoms with Crippen molar-refractivity contribution in [1.82, 2.24) is 10.2 Å². The fourth-order valence-corrected chi connectivity index (χ4v) is 17.4. The molecule has 2 heterocycles. The number of carbonyl (C=O) groups is 1. The van der Waals surface area contributed by atoms with Crippen LogP contribution in [0.3, 0.4) is 0 Å². The van der Waals surface area contributed by atoms with Crippen LogP contribution in [0.4, 0.5) is 0 Å². The Balaban J connectivity index is 0.947. The highest BCUT2D eigenvalue weighted by atomic mass is 32.2. The summed E-state index contributed by atoms with van der Waals surface area (Å²) in [6.45, 7) is 20.7. The second-order valence-corrected chi connectivity index (χ2v) is 21.5. The maximum atomic E-state index is 12.3. The Hall–Kier alpha value is -1.24. The lowest BCUT2D eigenvalue weighted by Crippen LogP contribution is -2.64. The van der Waals surface area contributed by atoms with E-state index in [1.165, 1.54) is 68.9 Å². The molecular formula is C42H62N2O3S. The lowest BCUT2D eigenvalue weighted by molar-refractivity contribution is -0.177. The van der Waals surface area contributed by atoms with Crippen molar-refractivity contribution in [2.75, 3.05) is 25.4 Å².